The molecule has 6 nitrogen and oxygen atoms in total. The average Bonchev–Trinajstić information content (AvgIpc) is 2.89. The van der Waals surface area contributed by atoms with Gasteiger partial charge in [0.1, 0.15) is 5.75 Å². The summed E-state index contributed by atoms with van der Waals surface area (Å²) in [6.07, 6.45) is 2.95. The van der Waals surface area contributed by atoms with E-state index in [1.54, 1.807) is 0 Å². The highest BCUT2D eigenvalue weighted by molar-refractivity contribution is 5.88. The van der Waals surface area contributed by atoms with Crippen LogP contribution in [0.25, 0.3) is 22.0 Å². The second kappa shape index (κ2) is 11.3. The van der Waals surface area contributed by atoms with Gasteiger partial charge in [-0.2, -0.15) is 0 Å². The lowest BCUT2D eigenvalue weighted by molar-refractivity contribution is 0.145. The fourth-order valence-electron chi connectivity index (χ4n) is 5.11. The minimum atomic E-state index is 0.594. The SMILES string of the molecule is Cc1cccc(C)c1-c1cc(C)c2nc(Nc3ccc(OCCCN4CCN(C)CC4)cc3)ncc2c1. The van der Waals surface area contributed by atoms with Crippen LogP contribution in [0, 0.1) is 20.8 Å². The molecule has 37 heavy (non-hydrogen) atoms. The highest BCUT2D eigenvalue weighted by Gasteiger charge is 2.13. The lowest BCUT2D eigenvalue weighted by atomic mass is 9.93. The number of nitrogens with one attached hydrogen (secondary N) is 1. The van der Waals surface area contributed by atoms with E-state index < -0.39 is 0 Å². The van der Waals surface area contributed by atoms with Crippen LogP contribution in [0.4, 0.5) is 11.6 Å². The molecule has 0 unspecified atom stereocenters. The summed E-state index contributed by atoms with van der Waals surface area (Å²) < 4.78 is 5.97. The van der Waals surface area contributed by atoms with E-state index in [-0.39, 0.29) is 0 Å². The molecule has 1 N–H and O–H groups in total. The number of ether oxygens (including phenoxy) is 1. The Kier molecular flexibility index (Phi) is 7.68. The van der Waals surface area contributed by atoms with E-state index in [1.165, 1.54) is 22.3 Å². The fourth-order valence-corrected chi connectivity index (χ4v) is 5.11. The number of hydrogen-bond donors (Lipinski definition) is 1. The normalized spacial score (nSPS) is 14.7. The first-order valence-corrected chi connectivity index (χ1v) is 13.2. The van der Waals surface area contributed by atoms with E-state index in [9.17, 15) is 0 Å². The molecular formula is C31H37N5O. The first kappa shape index (κ1) is 25.2. The third-order valence-electron chi connectivity index (χ3n) is 7.24. The molecule has 0 amide bonds. The van der Waals surface area contributed by atoms with Gasteiger partial charge in [-0.3, -0.25) is 0 Å². The van der Waals surface area contributed by atoms with Gasteiger partial charge in [-0.15, -0.1) is 0 Å². The lowest BCUT2D eigenvalue weighted by Crippen LogP contribution is -2.44. The summed E-state index contributed by atoms with van der Waals surface area (Å²) in [6.45, 7) is 12.9. The van der Waals surface area contributed by atoms with Gasteiger partial charge in [0.2, 0.25) is 5.95 Å². The molecule has 1 saturated heterocycles. The van der Waals surface area contributed by atoms with Gasteiger partial charge < -0.3 is 19.9 Å². The number of fused-ring (bicyclic) bond motifs is 1. The van der Waals surface area contributed by atoms with Gasteiger partial charge in [0.25, 0.3) is 0 Å². The van der Waals surface area contributed by atoms with Gasteiger partial charge in [-0.1, -0.05) is 18.2 Å². The average molecular weight is 496 g/mol. The molecule has 0 saturated carbocycles. The van der Waals surface area contributed by atoms with Crippen molar-refractivity contribution < 1.29 is 4.74 Å². The quantitative estimate of drug-likeness (QED) is 0.304. The molecular weight excluding hydrogens is 458 g/mol. The molecule has 0 atom stereocenters. The number of likely N-dealkylation sites (N-methyl/N-ethyl adjacent to an activating group) is 1. The van der Waals surface area contributed by atoms with E-state index in [0.717, 1.165) is 73.7 Å². The summed E-state index contributed by atoms with van der Waals surface area (Å²) in [7, 11) is 2.19. The highest BCUT2D eigenvalue weighted by atomic mass is 16.5. The third-order valence-corrected chi connectivity index (χ3v) is 7.24. The molecule has 0 aliphatic carbocycles. The first-order chi connectivity index (χ1) is 18.0. The highest BCUT2D eigenvalue weighted by Crippen LogP contribution is 2.31. The number of nitrogens with zero attached hydrogens (tertiary/aromatic N) is 4. The smallest absolute Gasteiger partial charge is 0.227 e. The molecule has 1 aliphatic rings. The van der Waals surface area contributed by atoms with E-state index >= 15 is 0 Å². The molecule has 0 bridgehead atoms. The lowest BCUT2D eigenvalue weighted by Gasteiger charge is -2.32. The standard InChI is InChI=1S/C31H37N5O/c1-22-7-5-8-23(2)29(22)25-19-24(3)30-26(20-25)21-32-31(34-30)33-27-9-11-28(12-10-27)37-18-6-13-36-16-14-35(4)15-17-36/h5,7-12,19-21H,6,13-18H2,1-4H3,(H,32,33,34). The van der Waals surface area contributed by atoms with E-state index in [4.69, 9.17) is 9.72 Å². The van der Waals surface area contributed by atoms with Crippen molar-refractivity contribution in [3.8, 4) is 16.9 Å². The largest absolute Gasteiger partial charge is 0.494 e. The third kappa shape index (κ3) is 6.09. The zero-order chi connectivity index (χ0) is 25.8. The summed E-state index contributed by atoms with van der Waals surface area (Å²) in [5, 5.41) is 4.39. The number of hydrogen-bond acceptors (Lipinski definition) is 6. The van der Waals surface area contributed by atoms with Gasteiger partial charge in [0, 0.05) is 50.0 Å². The maximum absolute atomic E-state index is 5.97. The van der Waals surface area contributed by atoms with Crippen LogP contribution in [0.5, 0.6) is 5.75 Å². The van der Waals surface area contributed by atoms with Crippen molar-refractivity contribution in [2.45, 2.75) is 27.2 Å². The minimum Gasteiger partial charge on any atom is -0.494 e. The molecule has 6 heteroatoms. The molecule has 3 aromatic carbocycles. The van der Waals surface area contributed by atoms with E-state index in [2.05, 4.69) is 78.3 Å². The molecule has 0 spiro atoms. The Morgan fingerprint density at radius 3 is 2.35 bits per heavy atom. The van der Waals surface area contributed by atoms with Crippen molar-refractivity contribution in [1.29, 1.82) is 0 Å². The molecule has 1 aromatic heterocycles. The first-order valence-electron chi connectivity index (χ1n) is 13.2. The number of piperazine rings is 1. The monoisotopic (exact) mass is 495 g/mol. The van der Waals surface area contributed by atoms with E-state index in [0.29, 0.717) is 5.95 Å². The second-order valence-electron chi connectivity index (χ2n) is 10.2. The predicted molar refractivity (Wildman–Crippen MR) is 153 cm³/mol. The Balaban J connectivity index is 1.20. The van der Waals surface area contributed by atoms with Crippen LogP contribution >= 0.6 is 0 Å². The Morgan fingerprint density at radius 1 is 0.892 bits per heavy atom. The van der Waals surface area contributed by atoms with Crippen LogP contribution in [-0.4, -0.2) is 66.1 Å². The van der Waals surface area contributed by atoms with E-state index in [1.807, 2.05) is 30.5 Å². The fraction of sp³-hybridized carbons (Fsp3) is 0.355. The topological polar surface area (TPSA) is 53.5 Å². The van der Waals surface area contributed by atoms with Crippen molar-refractivity contribution >= 4 is 22.5 Å². The molecule has 2 heterocycles. The number of aryl methyl sites for hydroxylation is 3. The predicted octanol–water partition coefficient (Wildman–Crippen LogP) is 5.98. The number of aromatic nitrogens is 2. The minimum absolute atomic E-state index is 0.594. The summed E-state index contributed by atoms with van der Waals surface area (Å²) in [5.41, 5.74) is 8.10. The number of benzene rings is 3. The maximum Gasteiger partial charge on any atom is 0.227 e. The maximum atomic E-state index is 5.97. The summed E-state index contributed by atoms with van der Waals surface area (Å²) in [5.74, 6) is 1.48. The van der Waals surface area contributed by atoms with Gasteiger partial charge in [-0.25, -0.2) is 9.97 Å². The van der Waals surface area contributed by atoms with Crippen molar-refractivity contribution in [2.24, 2.45) is 0 Å². The summed E-state index contributed by atoms with van der Waals surface area (Å²) in [4.78, 5) is 14.3. The zero-order valence-electron chi connectivity index (χ0n) is 22.4. The van der Waals surface area contributed by atoms with Crippen molar-refractivity contribution in [2.75, 3.05) is 51.7 Å². The Bertz CT molecular complexity index is 1340. The van der Waals surface area contributed by atoms with Crippen LogP contribution in [0.3, 0.4) is 0 Å². The summed E-state index contributed by atoms with van der Waals surface area (Å²) >= 11 is 0. The van der Waals surface area contributed by atoms with Gasteiger partial charge in [0.15, 0.2) is 0 Å². The van der Waals surface area contributed by atoms with Crippen LogP contribution in [-0.2, 0) is 0 Å². The zero-order valence-corrected chi connectivity index (χ0v) is 22.4. The van der Waals surface area contributed by atoms with Crippen molar-refractivity contribution in [1.82, 2.24) is 19.8 Å². The van der Waals surface area contributed by atoms with Gasteiger partial charge in [0.05, 0.1) is 12.1 Å². The van der Waals surface area contributed by atoms with Crippen LogP contribution in [0.2, 0.25) is 0 Å². The molecule has 1 fully saturated rings. The molecule has 0 radical (unpaired) electrons. The van der Waals surface area contributed by atoms with Gasteiger partial charge in [-0.05, 0) is 98.5 Å². The van der Waals surface area contributed by atoms with Crippen LogP contribution in [0.1, 0.15) is 23.1 Å². The molecule has 5 rings (SSSR count). The number of anilines is 2. The molecule has 192 valence electrons. The number of rotatable bonds is 8. The van der Waals surface area contributed by atoms with Crippen molar-refractivity contribution in [3.05, 3.63) is 77.5 Å². The molecule has 4 aromatic rings. The van der Waals surface area contributed by atoms with Gasteiger partial charge >= 0.3 is 0 Å². The van der Waals surface area contributed by atoms with Crippen LogP contribution in [0.15, 0.2) is 60.8 Å². The van der Waals surface area contributed by atoms with Crippen molar-refractivity contribution in [3.63, 3.8) is 0 Å². The Morgan fingerprint density at radius 2 is 1.62 bits per heavy atom. The van der Waals surface area contributed by atoms with Crippen LogP contribution < -0.4 is 10.1 Å². The Labute approximate surface area is 220 Å². The Hall–Kier alpha value is -3.48. The second-order valence-corrected chi connectivity index (χ2v) is 10.2. The molecule has 1 aliphatic heterocycles. The summed E-state index contributed by atoms with van der Waals surface area (Å²) in [6, 6.07) is 18.9.